The van der Waals surface area contributed by atoms with Gasteiger partial charge in [-0.05, 0) is 24.2 Å². The van der Waals surface area contributed by atoms with Crippen LogP contribution in [-0.4, -0.2) is 8.32 Å². The summed E-state index contributed by atoms with van der Waals surface area (Å²) >= 11 is 0. The number of allylic oxidation sites excluding steroid dienone is 1. The molecular weight excluding hydrogens is 164 g/mol. The van der Waals surface area contributed by atoms with Crippen molar-refractivity contribution >= 4 is 8.32 Å². The molecule has 0 aliphatic carbocycles. The highest BCUT2D eigenvalue weighted by atomic mass is 28.4. The van der Waals surface area contributed by atoms with Crippen LogP contribution < -0.4 is 0 Å². The van der Waals surface area contributed by atoms with E-state index in [0.29, 0.717) is 0 Å². The highest BCUT2D eigenvalue weighted by molar-refractivity contribution is 6.73. The first kappa shape index (κ1) is 11.5. The Bertz CT molecular complexity index is 151. The lowest BCUT2D eigenvalue weighted by Crippen LogP contribution is -2.34. The average molecular weight is 184 g/mol. The first-order valence-corrected chi connectivity index (χ1v) is 7.17. The lowest BCUT2D eigenvalue weighted by molar-refractivity contribution is 0.425. The van der Waals surface area contributed by atoms with E-state index in [-0.39, 0.29) is 0 Å². The molecule has 0 aromatic heterocycles. The summed E-state index contributed by atoms with van der Waals surface area (Å²) in [5.74, 6) is 0.743. The molecule has 0 atom stereocenters. The zero-order valence-electron chi connectivity index (χ0n) is 8.52. The molecule has 12 heavy (non-hydrogen) atoms. The molecule has 0 spiro atoms. The van der Waals surface area contributed by atoms with Crippen molar-refractivity contribution in [2.45, 2.75) is 38.9 Å². The Morgan fingerprint density at radius 1 is 1.25 bits per heavy atom. The molecular formula is C10H20OSi. The topological polar surface area (TPSA) is 9.23 Å². The molecule has 0 fully saturated rings. The molecule has 0 amide bonds. The number of hydrogen-bond acceptors (Lipinski definition) is 1. The van der Waals surface area contributed by atoms with Gasteiger partial charge in [0.15, 0.2) is 0 Å². The maximum absolute atomic E-state index is 5.86. The van der Waals surface area contributed by atoms with Gasteiger partial charge in [-0.15, -0.1) is 0 Å². The first-order valence-electron chi connectivity index (χ1n) is 4.64. The van der Waals surface area contributed by atoms with Crippen molar-refractivity contribution in [3.8, 4) is 0 Å². The molecule has 0 rings (SSSR count). The van der Waals surface area contributed by atoms with E-state index < -0.39 is 8.32 Å². The maximum atomic E-state index is 5.86. The molecule has 0 aliphatic rings. The van der Waals surface area contributed by atoms with Gasteiger partial charge in [-0.1, -0.05) is 33.9 Å². The van der Waals surface area contributed by atoms with E-state index in [1.807, 2.05) is 0 Å². The minimum atomic E-state index is -1.47. The van der Waals surface area contributed by atoms with Crippen molar-refractivity contribution in [1.82, 2.24) is 0 Å². The summed E-state index contributed by atoms with van der Waals surface area (Å²) < 4.78 is 5.86. The lowest BCUT2D eigenvalue weighted by atomic mass is 10.6. The Hall–Kier alpha value is -0.503. The van der Waals surface area contributed by atoms with Gasteiger partial charge < -0.3 is 4.43 Å². The minimum Gasteiger partial charge on any atom is -0.544 e. The van der Waals surface area contributed by atoms with Gasteiger partial charge in [-0.25, -0.2) is 0 Å². The van der Waals surface area contributed by atoms with E-state index >= 15 is 0 Å². The molecule has 0 aromatic carbocycles. The second-order valence-corrected chi connectivity index (χ2v) is 7.71. The van der Waals surface area contributed by atoms with Gasteiger partial charge in [0, 0.05) is 0 Å². The molecule has 0 heterocycles. The van der Waals surface area contributed by atoms with Crippen LogP contribution >= 0.6 is 0 Å². The van der Waals surface area contributed by atoms with Crippen LogP contribution in [0.2, 0.25) is 18.1 Å². The summed E-state index contributed by atoms with van der Waals surface area (Å²) in [6, 6.07) is 3.48. The summed E-state index contributed by atoms with van der Waals surface area (Å²) in [4.78, 5) is 0. The van der Waals surface area contributed by atoms with Crippen LogP contribution in [0, 0.1) is 0 Å². The van der Waals surface area contributed by atoms with E-state index in [1.165, 1.54) is 0 Å². The van der Waals surface area contributed by atoms with Crippen molar-refractivity contribution in [2.24, 2.45) is 0 Å². The molecule has 0 aliphatic heterocycles. The van der Waals surface area contributed by atoms with Gasteiger partial charge in [0.1, 0.15) is 0 Å². The molecule has 0 N–H and O–H groups in total. The normalized spacial score (nSPS) is 10.9. The zero-order valence-corrected chi connectivity index (χ0v) is 9.52. The van der Waals surface area contributed by atoms with E-state index in [9.17, 15) is 0 Å². The van der Waals surface area contributed by atoms with Crippen molar-refractivity contribution in [3.63, 3.8) is 0 Å². The predicted octanol–water partition coefficient (Wildman–Crippen LogP) is 3.71. The van der Waals surface area contributed by atoms with Crippen molar-refractivity contribution in [3.05, 3.63) is 25.0 Å². The molecule has 0 radical (unpaired) electrons. The summed E-state index contributed by atoms with van der Waals surface area (Å²) in [6.45, 7) is 14.1. The SMILES string of the molecule is C=CC(=C)O[Si](CC)(CC)CC. The van der Waals surface area contributed by atoms with E-state index in [0.717, 1.165) is 23.9 Å². The molecule has 70 valence electrons. The second-order valence-electron chi connectivity index (χ2n) is 3.02. The van der Waals surface area contributed by atoms with Crippen LogP contribution in [0.3, 0.4) is 0 Å². The molecule has 0 aromatic rings. The van der Waals surface area contributed by atoms with Gasteiger partial charge in [0.05, 0.1) is 5.76 Å². The molecule has 2 heteroatoms. The van der Waals surface area contributed by atoms with Crippen LogP contribution in [0.4, 0.5) is 0 Å². The Morgan fingerprint density at radius 3 is 1.92 bits per heavy atom. The monoisotopic (exact) mass is 184 g/mol. The average Bonchev–Trinajstić information content (AvgIpc) is 2.14. The highest BCUT2D eigenvalue weighted by Gasteiger charge is 2.30. The maximum Gasteiger partial charge on any atom is 0.250 e. The lowest BCUT2D eigenvalue weighted by Gasteiger charge is -2.28. The van der Waals surface area contributed by atoms with Gasteiger partial charge in [0.25, 0.3) is 0 Å². The van der Waals surface area contributed by atoms with Crippen LogP contribution in [0.5, 0.6) is 0 Å². The molecule has 0 bridgehead atoms. The predicted molar refractivity (Wildman–Crippen MR) is 57.6 cm³/mol. The number of rotatable bonds is 6. The Balaban J connectivity index is 4.29. The van der Waals surface area contributed by atoms with Gasteiger partial charge in [-0.2, -0.15) is 0 Å². The Morgan fingerprint density at radius 2 is 1.67 bits per heavy atom. The number of hydrogen-bond donors (Lipinski definition) is 0. The highest BCUT2D eigenvalue weighted by Crippen LogP contribution is 2.24. The van der Waals surface area contributed by atoms with Gasteiger partial charge >= 0.3 is 0 Å². The molecule has 0 saturated heterocycles. The summed E-state index contributed by atoms with van der Waals surface area (Å²) in [5.41, 5.74) is 0. The Labute approximate surface area is 77.3 Å². The minimum absolute atomic E-state index is 0.743. The third-order valence-electron chi connectivity index (χ3n) is 2.51. The first-order chi connectivity index (χ1) is 5.64. The van der Waals surface area contributed by atoms with Crippen molar-refractivity contribution in [2.75, 3.05) is 0 Å². The quantitative estimate of drug-likeness (QED) is 0.347. The Kier molecular flexibility index (Phi) is 4.98. The second kappa shape index (κ2) is 5.20. The van der Waals surface area contributed by atoms with Gasteiger partial charge in [0.2, 0.25) is 8.32 Å². The van der Waals surface area contributed by atoms with E-state index in [4.69, 9.17) is 4.43 Å². The van der Waals surface area contributed by atoms with Crippen molar-refractivity contribution in [1.29, 1.82) is 0 Å². The fourth-order valence-electron chi connectivity index (χ4n) is 1.29. The third kappa shape index (κ3) is 2.86. The summed E-state index contributed by atoms with van der Waals surface area (Å²) in [7, 11) is -1.47. The standard InChI is InChI=1S/C10H20OSi/c1-6-10(5)11-12(7-2,8-3)9-4/h6H,1,5,7-9H2,2-4H3. The van der Waals surface area contributed by atoms with Crippen LogP contribution in [0.15, 0.2) is 25.0 Å². The zero-order chi connectivity index (χ0) is 9.61. The van der Waals surface area contributed by atoms with Crippen LogP contribution in [-0.2, 0) is 4.43 Å². The van der Waals surface area contributed by atoms with E-state index in [1.54, 1.807) is 6.08 Å². The summed E-state index contributed by atoms with van der Waals surface area (Å²) in [6.07, 6.45) is 1.70. The van der Waals surface area contributed by atoms with Crippen LogP contribution in [0.1, 0.15) is 20.8 Å². The summed E-state index contributed by atoms with van der Waals surface area (Å²) in [5, 5.41) is 0. The fraction of sp³-hybridized carbons (Fsp3) is 0.600. The van der Waals surface area contributed by atoms with E-state index in [2.05, 4.69) is 33.9 Å². The third-order valence-corrected chi connectivity index (χ3v) is 7.07. The smallest absolute Gasteiger partial charge is 0.250 e. The molecule has 0 saturated carbocycles. The largest absolute Gasteiger partial charge is 0.544 e. The molecule has 0 unspecified atom stereocenters. The fourth-order valence-corrected chi connectivity index (χ4v) is 3.86. The molecule has 1 nitrogen and oxygen atoms in total. The van der Waals surface area contributed by atoms with Gasteiger partial charge in [-0.3, -0.25) is 0 Å². The van der Waals surface area contributed by atoms with Crippen molar-refractivity contribution < 1.29 is 4.43 Å². The van der Waals surface area contributed by atoms with Crippen LogP contribution in [0.25, 0.3) is 0 Å².